The highest BCUT2D eigenvalue weighted by molar-refractivity contribution is 6.12. The van der Waals surface area contributed by atoms with E-state index in [1.165, 1.54) is 18.1 Å². The lowest BCUT2D eigenvalue weighted by atomic mass is 10.6. The Morgan fingerprint density at radius 2 is 1.60 bits per heavy atom. The summed E-state index contributed by atoms with van der Waals surface area (Å²) in [5.74, 6) is 0.593. The molecule has 1 N–H and O–H groups in total. The standard InChI is InChI=1S/C4H3NO2.C2H2O/c6-3-1-2-4(7)5-3;1-2-3/h1-2H,(H,5,6,7);1H2. The maximum Gasteiger partial charge on any atom is 0.250 e. The van der Waals surface area contributed by atoms with Gasteiger partial charge in [-0.05, 0) is 6.58 Å². The number of amides is 2. The highest BCUT2D eigenvalue weighted by Gasteiger charge is 2.06. The molecule has 0 atom stereocenters. The average Bonchev–Trinajstić information content (AvgIpc) is 2.17. The summed E-state index contributed by atoms with van der Waals surface area (Å²) in [6.45, 7) is 2.68. The molecule has 1 aliphatic rings. The molecule has 4 heteroatoms. The molecular weight excluding hydrogens is 134 g/mol. The maximum atomic E-state index is 10.0. The minimum atomic E-state index is -0.329. The second kappa shape index (κ2) is 4.23. The molecule has 2 amide bonds. The van der Waals surface area contributed by atoms with Crippen LogP contribution in [0.25, 0.3) is 0 Å². The molecule has 0 aromatic heterocycles. The number of carbonyl (C=O) groups excluding carboxylic acids is 3. The van der Waals surface area contributed by atoms with Gasteiger partial charge in [0.25, 0.3) is 11.8 Å². The van der Waals surface area contributed by atoms with Crippen LogP contribution in [-0.2, 0) is 14.4 Å². The Morgan fingerprint density at radius 1 is 1.30 bits per heavy atom. The molecule has 0 aromatic rings. The number of imide groups is 1. The van der Waals surface area contributed by atoms with Gasteiger partial charge in [-0.15, -0.1) is 0 Å². The summed E-state index contributed by atoms with van der Waals surface area (Å²) >= 11 is 0. The van der Waals surface area contributed by atoms with Crippen molar-refractivity contribution in [1.29, 1.82) is 0 Å². The summed E-state index contributed by atoms with van der Waals surface area (Å²) < 4.78 is 0. The lowest BCUT2D eigenvalue weighted by Crippen LogP contribution is -2.19. The van der Waals surface area contributed by atoms with Crippen LogP contribution in [0.4, 0.5) is 0 Å². The quantitative estimate of drug-likeness (QED) is 0.353. The van der Waals surface area contributed by atoms with Crippen molar-refractivity contribution < 1.29 is 14.4 Å². The van der Waals surface area contributed by atoms with Crippen LogP contribution in [-0.4, -0.2) is 17.8 Å². The molecule has 0 spiro atoms. The second-order valence-electron chi connectivity index (χ2n) is 1.33. The van der Waals surface area contributed by atoms with Gasteiger partial charge in [0, 0.05) is 12.2 Å². The predicted octanol–water partition coefficient (Wildman–Crippen LogP) is -0.797. The Morgan fingerprint density at radius 3 is 1.70 bits per heavy atom. The van der Waals surface area contributed by atoms with Crippen LogP contribution in [0.5, 0.6) is 0 Å². The first kappa shape index (κ1) is 8.33. The van der Waals surface area contributed by atoms with Gasteiger partial charge in [0.1, 0.15) is 5.94 Å². The van der Waals surface area contributed by atoms with E-state index < -0.39 is 0 Å². The van der Waals surface area contributed by atoms with Crippen molar-refractivity contribution >= 4 is 17.8 Å². The fourth-order valence-corrected chi connectivity index (χ4v) is 0.356. The number of rotatable bonds is 0. The van der Waals surface area contributed by atoms with E-state index >= 15 is 0 Å². The van der Waals surface area contributed by atoms with E-state index in [2.05, 4.69) is 6.58 Å². The molecule has 0 saturated heterocycles. The third-order valence-electron chi connectivity index (χ3n) is 0.632. The van der Waals surface area contributed by atoms with Gasteiger partial charge in [-0.3, -0.25) is 14.9 Å². The smallest absolute Gasteiger partial charge is 0.250 e. The minimum absolute atomic E-state index is 0.329. The van der Waals surface area contributed by atoms with Crippen LogP contribution in [0.15, 0.2) is 18.7 Å². The summed E-state index contributed by atoms with van der Waals surface area (Å²) in [5, 5.41) is 2.03. The fourth-order valence-electron chi connectivity index (χ4n) is 0.356. The summed E-state index contributed by atoms with van der Waals surface area (Å²) in [4.78, 5) is 28.6. The Labute approximate surface area is 57.2 Å². The molecule has 0 unspecified atom stereocenters. The normalized spacial score (nSPS) is 13.2. The monoisotopic (exact) mass is 139 g/mol. The van der Waals surface area contributed by atoms with E-state index in [-0.39, 0.29) is 11.8 Å². The third kappa shape index (κ3) is 3.35. The molecule has 0 radical (unpaired) electrons. The van der Waals surface area contributed by atoms with E-state index in [1.807, 2.05) is 5.32 Å². The van der Waals surface area contributed by atoms with Crippen LogP contribution < -0.4 is 5.32 Å². The lowest BCUT2D eigenvalue weighted by molar-refractivity contribution is -0.123. The molecule has 4 nitrogen and oxygen atoms in total. The summed E-state index contributed by atoms with van der Waals surface area (Å²) in [6.07, 6.45) is 2.39. The third-order valence-corrected chi connectivity index (χ3v) is 0.632. The van der Waals surface area contributed by atoms with E-state index in [9.17, 15) is 9.59 Å². The van der Waals surface area contributed by atoms with Gasteiger partial charge in [0.2, 0.25) is 0 Å². The molecular formula is C6H5NO3. The van der Waals surface area contributed by atoms with Gasteiger partial charge in [0.15, 0.2) is 0 Å². The molecule has 0 bridgehead atoms. The number of nitrogens with one attached hydrogen (secondary N) is 1. The fraction of sp³-hybridized carbons (Fsp3) is 0. The molecule has 52 valence electrons. The first-order valence-corrected chi connectivity index (χ1v) is 2.38. The maximum absolute atomic E-state index is 10.0. The molecule has 1 aliphatic heterocycles. The predicted molar refractivity (Wildman–Crippen MR) is 33.6 cm³/mol. The van der Waals surface area contributed by atoms with Crippen LogP contribution in [0, 0.1) is 0 Å². The Balaban J connectivity index is 0.000000236. The van der Waals surface area contributed by atoms with Gasteiger partial charge in [-0.2, -0.15) is 0 Å². The van der Waals surface area contributed by atoms with Crippen LogP contribution >= 0.6 is 0 Å². The number of carbonyl (C=O) groups is 2. The Hall–Kier alpha value is -1.67. The topological polar surface area (TPSA) is 63.2 Å². The summed E-state index contributed by atoms with van der Waals surface area (Å²) in [5.41, 5.74) is 0. The SMILES string of the molecule is C=C=O.O=C1C=CC(=O)N1. The highest BCUT2D eigenvalue weighted by atomic mass is 16.2. The van der Waals surface area contributed by atoms with Crippen molar-refractivity contribution in [1.82, 2.24) is 5.32 Å². The first-order valence-electron chi connectivity index (χ1n) is 2.38. The van der Waals surface area contributed by atoms with Gasteiger partial charge in [-0.25, -0.2) is 4.79 Å². The molecule has 0 fully saturated rings. The van der Waals surface area contributed by atoms with Crippen molar-refractivity contribution in [2.45, 2.75) is 0 Å². The number of hydrogen-bond acceptors (Lipinski definition) is 3. The first-order chi connectivity index (χ1) is 4.70. The van der Waals surface area contributed by atoms with Crippen molar-refractivity contribution in [2.24, 2.45) is 0 Å². The van der Waals surface area contributed by atoms with Gasteiger partial charge in [0.05, 0.1) is 0 Å². The Kier molecular flexibility index (Phi) is 3.53. The minimum Gasteiger partial charge on any atom is -0.289 e. The summed E-state index contributed by atoms with van der Waals surface area (Å²) in [6, 6.07) is 0. The van der Waals surface area contributed by atoms with E-state index in [1.54, 1.807) is 0 Å². The summed E-state index contributed by atoms with van der Waals surface area (Å²) in [7, 11) is 0. The average molecular weight is 139 g/mol. The van der Waals surface area contributed by atoms with Crippen molar-refractivity contribution in [3.8, 4) is 0 Å². The van der Waals surface area contributed by atoms with E-state index in [0.717, 1.165) is 0 Å². The Bertz CT molecular complexity index is 195. The van der Waals surface area contributed by atoms with E-state index in [4.69, 9.17) is 4.79 Å². The molecule has 0 saturated carbocycles. The van der Waals surface area contributed by atoms with Crippen LogP contribution in [0.2, 0.25) is 0 Å². The largest absolute Gasteiger partial charge is 0.289 e. The van der Waals surface area contributed by atoms with Crippen LogP contribution in [0.1, 0.15) is 0 Å². The van der Waals surface area contributed by atoms with Gasteiger partial charge < -0.3 is 0 Å². The molecule has 10 heavy (non-hydrogen) atoms. The van der Waals surface area contributed by atoms with Crippen molar-refractivity contribution in [3.63, 3.8) is 0 Å². The molecule has 1 heterocycles. The van der Waals surface area contributed by atoms with Gasteiger partial charge >= 0.3 is 0 Å². The zero-order valence-electron chi connectivity index (χ0n) is 5.09. The highest BCUT2D eigenvalue weighted by Crippen LogP contribution is 1.82. The molecule has 0 aromatic carbocycles. The van der Waals surface area contributed by atoms with Crippen molar-refractivity contribution in [3.05, 3.63) is 18.7 Å². The van der Waals surface area contributed by atoms with Crippen LogP contribution in [0.3, 0.4) is 0 Å². The second-order valence-corrected chi connectivity index (χ2v) is 1.33. The van der Waals surface area contributed by atoms with Gasteiger partial charge in [-0.1, -0.05) is 0 Å². The van der Waals surface area contributed by atoms with E-state index in [0.29, 0.717) is 0 Å². The molecule has 0 aliphatic carbocycles. The molecule has 1 rings (SSSR count). The zero-order valence-corrected chi connectivity index (χ0v) is 5.09. The zero-order chi connectivity index (χ0) is 7.98. The van der Waals surface area contributed by atoms with Crippen molar-refractivity contribution in [2.75, 3.05) is 0 Å². The number of hydrogen-bond donors (Lipinski definition) is 1. The lowest BCUT2D eigenvalue weighted by Gasteiger charge is -1.80.